The number of carbonyl (C=O) groups is 1. The summed E-state index contributed by atoms with van der Waals surface area (Å²) in [6.45, 7) is 5.41. The van der Waals surface area contributed by atoms with Crippen molar-refractivity contribution in [1.82, 2.24) is 10.6 Å². The van der Waals surface area contributed by atoms with E-state index in [1.54, 1.807) is 0 Å². The molecule has 0 bridgehead atoms. The van der Waals surface area contributed by atoms with E-state index in [-0.39, 0.29) is 11.9 Å². The Kier molecular flexibility index (Phi) is 6.76. The summed E-state index contributed by atoms with van der Waals surface area (Å²) in [5.41, 5.74) is 0. The fourth-order valence-corrected chi connectivity index (χ4v) is 3.19. The van der Waals surface area contributed by atoms with Crippen LogP contribution in [0.25, 0.3) is 0 Å². The fourth-order valence-electron chi connectivity index (χ4n) is 3.19. The first kappa shape index (κ1) is 15.7. The molecule has 0 radical (unpaired) electrons. The van der Waals surface area contributed by atoms with Gasteiger partial charge in [0.25, 0.3) is 0 Å². The van der Waals surface area contributed by atoms with E-state index in [0.29, 0.717) is 31.8 Å². The lowest BCUT2D eigenvalue weighted by Crippen LogP contribution is -2.51. The lowest BCUT2D eigenvalue weighted by Gasteiger charge is -2.25. The molecule has 0 spiro atoms. The minimum atomic E-state index is -0.194. The second kappa shape index (κ2) is 8.60. The van der Waals surface area contributed by atoms with Gasteiger partial charge in [-0.1, -0.05) is 12.8 Å². The molecule has 2 unspecified atom stereocenters. The lowest BCUT2D eigenvalue weighted by molar-refractivity contribution is -0.126. The van der Waals surface area contributed by atoms with Crippen LogP contribution in [0, 0.1) is 5.92 Å². The summed E-state index contributed by atoms with van der Waals surface area (Å²) in [5, 5.41) is 6.17. The van der Waals surface area contributed by atoms with Crippen molar-refractivity contribution in [2.45, 2.75) is 51.2 Å². The van der Waals surface area contributed by atoms with E-state index in [4.69, 9.17) is 9.47 Å². The van der Waals surface area contributed by atoms with E-state index in [1.807, 2.05) is 6.92 Å². The van der Waals surface area contributed by atoms with E-state index >= 15 is 0 Å². The third-order valence-corrected chi connectivity index (χ3v) is 4.27. The Labute approximate surface area is 121 Å². The van der Waals surface area contributed by atoms with Crippen LogP contribution in [0.3, 0.4) is 0 Å². The molecule has 2 atom stereocenters. The monoisotopic (exact) mass is 284 g/mol. The van der Waals surface area contributed by atoms with E-state index in [9.17, 15) is 4.79 Å². The van der Waals surface area contributed by atoms with E-state index < -0.39 is 0 Å². The normalized spacial score (nSPS) is 25.6. The van der Waals surface area contributed by atoms with Crippen LogP contribution in [0.2, 0.25) is 0 Å². The van der Waals surface area contributed by atoms with Gasteiger partial charge >= 0.3 is 0 Å². The first-order valence-electron chi connectivity index (χ1n) is 8.01. The smallest absolute Gasteiger partial charge is 0.239 e. The molecule has 0 aromatic heterocycles. The second-order valence-corrected chi connectivity index (χ2v) is 5.70. The average Bonchev–Trinajstić information content (AvgIpc) is 3.01. The van der Waals surface area contributed by atoms with Crippen LogP contribution in [-0.4, -0.2) is 51.0 Å². The molecule has 116 valence electrons. The highest BCUT2D eigenvalue weighted by Crippen LogP contribution is 2.30. The number of rotatable bonds is 7. The molecule has 2 aliphatic rings. The molecule has 1 aliphatic heterocycles. The third kappa shape index (κ3) is 4.72. The predicted molar refractivity (Wildman–Crippen MR) is 77.6 cm³/mol. The number of ether oxygens (including phenoxy) is 2. The molecule has 1 amide bonds. The van der Waals surface area contributed by atoms with Crippen molar-refractivity contribution in [2.24, 2.45) is 5.92 Å². The SMILES string of the molecule is CCOC(CCNC(=O)C1COCCN1)C1CCCC1. The summed E-state index contributed by atoms with van der Waals surface area (Å²) >= 11 is 0. The molecule has 0 aromatic carbocycles. The van der Waals surface area contributed by atoms with E-state index in [2.05, 4.69) is 10.6 Å². The van der Waals surface area contributed by atoms with Gasteiger partial charge in [-0.05, 0) is 32.1 Å². The van der Waals surface area contributed by atoms with Gasteiger partial charge in [-0.3, -0.25) is 4.79 Å². The summed E-state index contributed by atoms with van der Waals surface area (Å²) in [5.74, 6) is 0.731. The van der Waals surface area contributed by atoms with E-state index in [0.717, 1.165) is 19.6 Å². The zero-order valence-corrected chi connectivity index (χ0v) is 12.5. The quantitative estimate of drug-likeness (QED) is 0.734. The van der Waals surface area contributed by atoms with Crippen LogP contribution in [0.1, 0.15) is 39.0 Å². The van der Waals surface area contributed by atoms with Gasteiger partial charge in [0, 0.05) is 19.7 Å². The van der Waals surface area contributed by atoms with Crippen LogP contribution in [0.4, 0.5) is 0 Å². The predicted octanol–water partition coefficient (Wildman–Crippen LogP) is 1.08. The molecule has 0 aromatic rings. The maximum Gasteiger partial charge on any atom is 0.239 e. The first-order chi connectivity index (χ1) is 9.81. The maximum atomic E-state index is 12.0. The van der Waals surface area contributed by atoms with Crippen molar-refractivity contribution in [2.75, 3.05) is 32.9 Å². The molecule has 5 heteroatoms. The van der Waals surface area contributed by atoms with Crippen molar-refractivity contribution < 1.29 is 14.3 Å². The van der Waals surface area contributed by atoms with Gasteiger partial charge in [0.15, 0.2) is 0 Å². The molecule has 2 N–H and O–H groups in total. The van der Waals surface area contributed by atoms with Gasteiger partial charge < -0.3 is 20.1 Å². The molecule has 1 saturated carbocycles. The molecule has 2 fully saturated rings. The Bertz CT molecular complexity index is 287. The standard InChI is InChI=1S/C15H28N2O3/c1-2-20-14(12-5-3-4-6-12)7-8-17-15(18)13-11-19-10-9-16-13/h12-14,16H,2-11H2,1H3,(H,17,18). The van der Waals surface area contributed by atoms with Crippen LogP contribution >= 0.6 is 0 Å². The van der Waals surface area contributed by atoms with Crippen molar-refractivity contribution in [3.63, 3.8) is 0 Å². The minimum absolute atomic E-state index is 0.0476. The molecule has 1 saturated heterocycles. The summed E-state index contributed by atoms with van der Waals surface area (Å²) in [7, 11) is 0. The Morgan fingerprint density at radius 3 is 2.90 bits per heavy atom. The fraction of sp³-hybridized carbons (Fsp3) is 0.933. The number of carbonyl (C=O) groups excluding carboxylic acids is 1. The topological polar surface area (TPSA) is 59.6 Å². The average molecular weight is 284 g/mol. The van der Waals surface area contributed by atoms with Crippen LogP contribution in [0.15, 0.2) is 0 Å². The van der Waals surface area contributed by atoms with Crippen LogP contribution in [-0.2, 0) is 14.3 Å². The van der Waals surface area contributed by atoms with Crippen molar-refractivity contribution in [3.05, 3.63) is 0 Å². The van der Waals surface area contributed by atoms with Crippen LogP contribution in [0.5, 0.6) is 0 Å². The van der Waals surface area contributed by atoms with Crippen molar-refractivity contribution in [1.29, 1.82) is 0 Å². The number of nitrogens with one attached hydrogen (secondary N) is 2. The highest BCUT2D eigenvalue weighted by atomic mass is 16.5. The number of hydrogen-bond acceptors (Lipinski definition) is 4. The molecule has 20 heavy (non-hydrogen) atoms. The second-order valence-electron chi connectivity index (χ2n) is 5.70. The Balaban J connectivity index is 1.67. The van der Waals surface area contributed by atoms with Gasteiger partial charge in [-0.25, -0.2) is 0 Å². The largest absolute Gasteiger partial charge is 0.378 e. The molecule has 2 rings (SSSR count). The molecular formula is C15H28N2O3. The third-order valence-electron chi connectivity index (χ3n) is 4.27. The van der Waals surface area contributed by atoms with Crippen LogP contribution < -0.4 is 10.6 Å². The van der Waals surface area contributed by atoms with Gasteiger partial charge in [0.2, 0.25) is 5.91 Å². The molecular weight excluding hydrogens is 256 g/mol. The van der Waals surface area contributed by atoms with Gasteiger partial charge in [0.05, 0.1) is 19.3 Å². The Morgan fingerprint density at radius 2 is 2.25 bits per heavy atom. The summed E-state index contributed by atoms with van der Waals surface area (Å²) in [6, 6.07) is -0.194. The number of morpholine rings is 1. The lowest BCUT2D eigenvalue weighted by atomic mass is 9.98. The van der Waals surface area contributed by atoms with Crippen molar-refractivity contribution >= 4 is 5.91 Å². The first-order valence-corrected chi connectivity index (χ1v) is 8.01. The summed E-state index contributed by atoms with van der Waals surface area (Å²) in [6.07, 6.45) is 6.41. The number of hydrogen-bond donors (Lipinski definition) is 2. The van der Waals surface area contributed by atoms with Gasteiger partial charge in [-0.15, -0.1) is 0 Å². The highest BCUT2D eigenvalue weighted by molar-refractivity contribution is 5.81. The minimum Gasteiger partial charge on any atom is -0.378 e. The summed E-state index contributed by atoms with van der Waals surface area (Å²) in [4.78, 5) is 12.0. The zero-order valence-electron chi connectivity index (χ0n) is 12.5. The molecule has 1 aliphatic carbocycles. The Hall–Kier alpha value is -0.650. The Morgan fingerprint density at radius 1 is 1.45 bits per heavy atom. The van der Waals surface area contributed by atoms with E-state index in [1.165, 1.54) is 25.7 Å². The molecule has 1 heterocycles. The van der Waals surface area contributed by atoms with Gasteiger partial charge in [0.1, 0.15) is 6.04 Å². The highest BCUT2D eigenvalue weighted by Gasteiger charge is 2.26. The zero-order chi connectivity index (χ0) is 14.2. The molecule has 5 nitrogen and oxygen atoms in total. The van der Waals surface area contributed by atoms with Gasteiger partial charge in [-0.2, -0.15) is 0 Å². The number of amides is 1. The van der Waals surface area contributed by atoms with Crippen molar-refractivity contribution in [3.8, 4) is 0 Å². The summed E-state index contributed by atoms with van der Waals surface area (Å²) < 4.78 is 11.2. The maximum absolute atomic E-state index is 12.0.